The van der Waals surface area contributed by atoms with Gasteiger partial charge in [-0.3, -0.25) is 4.79 Å². The molecule has 1 aromatic heterocycles. The average Bonchev–Trinajstić information content (AvgIpc) is 3.37. The van der Waals surface area contributed by atoms with E-state index in [9.17, 15) is 9.59 Å². The second-order valence-electron chi connectivity index (χ2n) is 8.06. The number of esters is 1. The number of methoxy groups -OCH3 is 1. The van der Waals surface area contributed by atoms with Crippen molar-refractivity contribution in [1.82, 2.24) is 9.88 Å². The number of thiazole rings is 1. The summed E-state index contributed by atoms with van der Waals surface area (Å²) in [5, 5.41) is 2.89. The zero-order chi connectivity index (χ0) is 20.4. The van der Waals surface area contributed by atoms with E-state index in [1.807, 2.05) is 10.3 Å². The van der Waals surface area contributed by atoms with Crippen LogP contribution in [0.1, 0.15) is 50.3 Å². The summed E-state index contributed by atoms with van der Waals surface area (Å²) in [4.78, 5) is 32.1. The number of ether oxygens (including phenoxy) is 1. The zero-order valence-electron chi connectivity index (χ0n) is 17.1. The van der Waals surface area contributed by atoms with E-state index in [1.165, 1.54) is 19.1 Å². The number of aromatic nitrogens is 1. The summed E-state index contributed by atoms with van der Waals surface area (Å²) in [5.41, 5.74) is 3.15. The number of nitrogens with zero attached hydrogens (tertiary/aromatic N) is 2. The van der Waals surface area contributed by atoms with Crippen molar-refractivity contribution in [2.75, 3.05) is 7.11 Å². The molecule has 0 radical (unpaired) electrons. The summed E-state index contributed by atoms with van der Waals surface area (Å²) in [5.74, 6) is 0.121. The highest BCUT2D eigenvalue weighted by Crippen LogP contribution is 2.40. The van der Waals surface area contributed by atoms with E-state index in [-0.39, 0.29) is 24.3 Å². The highest BCUT2D eigenvalue weighted by molar-refractivity contribution is 7.13. The molecule has 29 heavy (non-hydrogen) atoms. The maximum atomic E-state index is 13.2. The van der Waals surface area contributed by atoms with Gasteiger partial charge in [0.05, 0.1) is 19.2 Å². The van der Waals surface area contributed by atoms with Crippen molar-refractivity contribution in [2.45, 2.75) is 64.0 Å². The van der Waals surface area contributed by atoms with Crippen molar-refractivity contribution in [3.8, 4) is 10.6 Å². The summed E-state index contributed by atoms with van der Waals surface area (Å²) in [6.45, 7) is 2.14. The molecule has 1 saturated carbocycles. The van der Waals surface area contributed by atoms with Crippen molar-refractivity contribution in [2.24, 2.45) is 5.92 Å². The topological polar surface area (TPSA) is 59.5 Å². The molecule has 2 heterocycles. The molecule has 3 atom stereocenters. The van der Waals surface area contributed by atoms with Crippen LogP contribution in [-0.4, -0.2) is 41.0 Å². The van der Waals surface area contributed by atoms with E-state index in [1.54, 1.807) is 11.3 Å². The van der Waals surface area contributed by atoms with E-state index in [2.05, 4.69) is 31.2 Å². The zero-order valence-corrected chi connectivity index (χ0v) is 17.9. The number of aryl methyl sites for hydroxylation is 1. The molecule has 0 spiro atoms. The third kappa shape index (κ3) is 4.08. The van der Waals surface area contributed by atoms with Gasteiger partial charge in [0, 0.05) is 17.0 Å². The number of carbonyl (C=O) groups is 2. The van der Waals surface area contributed by atoms with E-state index in [4.69, 9.17) is 9.72 Å². The monoisotopic (exact) mass is 412 g/mol. The molecule has 1 aromatic carbocycles. The van der Waals surface area contributed by atoms with E-state index < -0.39 is 6.04 Å². The van der Waals surface area contributed by atoms with Gasteiger partial charge < -0.3 is 9.64 Å². The van der Waals surface area contributed by atoms with Crippen LogP contribution in [0, 0.1) is 5.92 Å². The molecule has 1 aliphatic heterocycles. The summed E-state index contributed by atoms with van der Waals surface area (Å²) in [7, 11) is 1.41. The molecule has 2 aliphatic rings. The molecule has 4 rings (SSSR count). The van der Waals surface area contributed by atoms with Gasteiger partial charge >= 0.3 is 5.97 Å². The van der Waals surface area contributed by atoms with Gasteiger partial charge in [0.15, 0.2) is 0 Å². The maximum absolute atomic E-state index is 13.2. The highest BCUT2D eigenvalue weighted by atomic mass is 32.1. The maximum Gasteiger partial charge on any atom is 0.328 e. The van der Waals surface area contributed by atoms with Gasteiger partial charge in [0.2, 0.25) is 5.91 Å². The van der Waals surface area contributed by atoms with Crippen molar-refractivity contribution in [3.63, 3.8) is 0 Å². The average molecular weight is 413 g/mol. The Balaban J connectivity index is 1.50. The van der Waals surface area contributed by atoms with Gasteiger partial charge in [-0.05, 0) is 37.2 Å². The van der Waals surface area contributed by atoms with Crippen molar-refractivity contribution in [1.29, 1.82) is 0 Å². The number of rotatable bonds is 5. The van der Waals surface area contributed by atoms with E-state index >= 15 is 0 Å². The second kappa shape index (κ2) is 8.66. The van der Waals surface area contributed by atoms with Crippen LogP contribution in [0.5, 0.6) is 0 Å². The second-order valence-corrected chi connectivity index (χ2v) is 8.92. The van der Waals surface area contributed by atoms with Crippen LogP contribution in [0.4, 0.5) is 0 Å². The van der Waals surface area contributed by atoms with Gasteiger partial charge in [-0.15, -0.1) is 11.3 Å². The first-order valence-corrected chi connectivity index (χ1v) is 11.4. The predicted octanol–water partition coefficient (Wildman–Crippen LogP) is 4.25. The third-order valence-electron chi connectivity index (χ3n) is 6.34. The lowest BCUT2D eigenvalue weighted by Gasteiger charge is -2.33. The number of hydrogen-bond donors (Lipinski definition) is 0. The van der Waals surface area contributed by atoms with Gasteiger partial charge in [-0.1, -0.05) is 44.0 Å². The molecule has 1 aliphatic carbocycles. The third-order valence-corrected chi connectivity index (χ3v) is 7.28. The fourth-order valence-electron chi connectivity index (χ4n) is 4.82. The fraction of sp³-hybridized carbons (Fsp3) is 0.522. The van der Waals surface area contributed by atoms with Gasteiger partial charge in [-0.2, -0.15) is 0 Å². The Morgan fingerprint density at radius 3 is 2.69 bits per heavy atom. The largest absolute Gasteiger partial charge is 0.467 e. The molecule has 0 bridgehead atoms. The number of fused-ring (bicyclic) bond motifs is 1. The van der Waals surface area contributed by atoms with E-state index in [0.717, 1.165) is 48.4 Å². The molecule has 154 valence electrons. The Hall–Kier alpha value is -2.21. The lowest BCUT2D eigenvalue weighted by molar-refractivity contribution is -0.152. The SMILES string of the molecule is CCc1ccc(-c2nc(CC(=O)N3C(C(=O)OC)CC4CCCCC43)cs2)cc1. The van der Waals surface area contributed by atoms with Gasteiger partial charge in [0.25, 0.3) is 0 Å². The van der Waals surface area contributed by atoms with Crippen molar-refractivity contribution in [3.05, 3.63) is 40.9 Å². The van der Waals surface area contributed by atoms with Crippen LogP contribution in [0.3, 0.4) is 0 Å². The molecule has 2 fully saturated rings. The van der Waals surface area contributed by atoms with Gasteiger partial charge in [0.1, 0.15) is 11.0 Å². The van der Waals surface area contributed by atoms with Gasteiger partial charge in [-0.25, -0.2) is 9.78 Å². The molecule has 6 heteroatoms. The smallest absolute Gasteiger partial charge is 0.328 e. The van der Waals surface area contributed by atoms with Crippen LogP contribution in [0.25, 0.3) is 10.6 Å². The minimum Gasteiger partial charge on any atom is -0.467 e. The number of amides is 1. The molecular formula is C23H28N2O3S. The number of likely N-dealkylation sites (tertiary alicyclic amines) is 1. The lowest BCUT2D eigenvalue weighted by atomic mass is 9.84. The van der Waals surface area contributed by atoms with Crippen molar-refractivity contribution < 1.29 is 14.3 Å². The quantitative estimate of drug-likeness (QED) is 0.689. The first-order chi connectivity index (χ1) is 14.1. The summed E-state index contributed by atoms with van der Waals surface area (Å²) < 4.78 is 5.01. The molecular weight excluding hydrogens is 384 g/mol. The summed E-state index contributed by atoms with van der Waals surface area (Å²) in [6, 6.07) is 8.14. The Morgan fingerprint density at radius 1 is 1.21 bits per heavy atom. The molecule has 0 N–H and O–H groups in total. The van der Waals surface area contributed by atoms with Crippen LogP contribution >= 0.6 is 11.3 Å². The van der Waals surface area contributed by atoms with Crippen molar-refractivity contribution >= 4 is 23.2 Å². The molecule has 1 amide bonds. The van der Waals surface area contributed by atoms with Crippen LogP contribution in [0.2, 0.25) is 0 Å². The first kappa shape index (κ1) is 20.1. The molecule has 1 saturated heterocycles. The first-order valence-electron chi connectivity index (χ1n) is 10.5. The minimum atomic E-state index is -0.444. The molecule has 5 nitrogen and oxygen atoms in total. The number of hydrogen-bond acceptors (Lipinski definition) is 5. The number of carbonyl (C=O) groups excluding carboxylic acids is 2. The Kier molecular flexibility index (Phi) is 5.99. The Morgan fingerprint density at radius 2 is 1.97 bits per heavy atom. The van der Waals surface area contributed by atoms with Crippen LogP contribution in [-0.2, 0) is 27.2 Å². The lowest BCUT2D eigenvalue weighted by Crippen LogP contribution is -2.47. The highest BCUT2D eigenvalue weighted by Gasteiger charge is 2.47. The normalized spacial score (nSPS) is 23.7. The molecule has 3 unspecified atom stereocenters. The Bertz CT molecular complexity index is 877. The molecule has 2 aromatic rings. The van der Waals surface area contributed by atoms with E-state index in [0.29, 0.717) is 5.92 Å². The van der Waals surface area contributed by atoms with Crippen LogP contribution < -0.4 is 0 Å². The minimum absolute atomic E-state index is 0.00650. The standard InChI is InChI=1S/C23H28N2O3S/c1-3-15-8-10-16(11-9-15)22-24-18(14-29-22)13-21(26)25-19-7-5-4-6-17(19)12-20(25)23(27)28-2/h8-11,14,17,19-20H,3-7,12-13H2,1-2H3. The van der Waals surface area contributed by atoms with Crippen LogP contribution in [0.15, 0.2) is 29.6 Å². The summed E-state index contributed by atoms with van der Waals surface area (Å²) >= 11 is 1.56. The Labute approximate surface area is 176 Å². The number of benzene rings is 1. The fourth-order valence-corrected chi connectivity index (χ4v) is 5.64. The summed E-state index contributed by atoms with van der Waals surface area (Å²) in [6.07, 6.45) is 6.36. The predicted molar refractivity (Wildman–Crippen MR) is 114 cm³/mol.